The highest BCUT2D eigenvalue weighted by Crippen LogP contribution is 2.22. The zero-order chi connectivity index (χ0) is 21.3. The Kier molecular flexibility index (Phi) is 5.39. The highest BCUT2D eigenvalue weighted by atomic mass is 19.1. The lowest BCUT2D eigenvalue weighted by Crippen LogP contribution is -2.29. The predicted molar refractivity (Wildman–Crippen MR) is 109 cm³/mol. The number of hydrogen-bond acceptors (Lipinski definition) is 6. The van der Waals surface area contributed by atoms with Crippen LogP contribution in [-0.2, 0) is 11.4 Å². The van der Waals surface area contributed by atoms with Gasteiger partial charge < -0.3 is 10.3 Å². The lowest BCUT2D eigenvalue weighted by Gasteiger charge is -2.26. The first-order valence-electron chi connectivity index (χ1n) is 9.39. The van der Waals surface area contributed by atoms with Crippen molar-refractivity contribution >= 4 is 22.5 Å². The number of carbonyl (C=O) groups is 1. The zero-order valence-electron chi connectivity index (χ0n) is 16.5. The molecule has 9 heteroatoms. The average molecular weight is 409 g/mol. The molecule has 0 saturated carbocycles. The average Bonchev–Trinajstić information content (AvgIpc) is 2.77. The molecular formula is C21H20FN5O3. The normalized spacial score (nSPS) is 14.6. The molecule has 2 N–H and O–H groups in total. The van der Waals surface area contributed by atoms with Crippen molar-refractivity contribution in [2.45, 2.75) is 13.5 Å². The summed E-state index contributed by atoms with van der Waals surface area (Å²) in [4.78, 5) is 40.0. The largest absolute Gasteiger partial charge is 0.354 e. The number of H-pyrrole nitrogens is 1. The Hall–Kier alpha value is -3.43. The summed E-state index contributed by atoms with van der Waals surface area (Å²) in [5.74, 6) is -0.754. The van der Waals surface area contributed by atoms with Crippen molar-refractivity contribution in [2.24, 2.45) is 0 Å². The van der Waals surface area contributed by atoms with Gasteiger partial charge in [0.1, 0.15) is 16.9 Å². The Bertz CT molecular complexity index is 1200. The molecule has 3 heterocycles. The van der Waals surface area contributed by atoms with Crippen molar-refractivity contribution in [1.82, 2.24) is 25.3 Å². The summed E-state index contributed by atoms with van der Waals surface area (Å²) in [6, 6.07) is 6.80. The van der Waals surface area contributed by atoms with E-state index in [2.05, 4.69) is 20.3 Å². The van der Waals surface area contributed by atoms with Crippen molar-refractivity contribution in [3.63, 3.8) is 0 Å². The van der Waals surface area contributed by atoms with E-state index in [0.29, 0.717) is 35.6 Å². The number of aryl methyl sites for hydroxylation is 1. The molecule has 1 aromatic carbocycles. The fourth-order valence-electron chi connectivity index (χ4n) is 3.21. The summed E-state index contributed by atoms with van der Waals surface area (Å²) in [6.07, 6.45) is 3.61. The van der Waals surface area contributed by atoms with Gasteiger partial charge in [0.15, 0.2) is 5.82 Å². The van der Waals surface area contributed by atoms with Crippen LogP contribution in [0.2, 0.25) is 0 Å². The quantitative estimate of drug-likeness (QED) is 0.683. The number of aromatic amines is 1. The number of rotatable bonds is 4. The third-order valence-corrected chi connectivity index (χ3v) is 4.94. The second-order valence-electron chi connectivity index (χ2n) is 6.92. The van der Waals surface area contributed by atoms with Crippen molar-refractivity contribution in [2.75, 3.05) is 20.2 Å². The van der Waals surface area contributed by atoms with Gasteiger partial charge in [-0.2, -0.15) is 5.06 Å². The van der Waals surface area contributed by atoms with Crippen molar-refractivity contribution in [3.05, 3.63) is 75.2 Å². The van der Waals surface area contributed by atoms with E-state index in [9.17, 15) is 14.0 Å². The number of hydroxylamine groups is 2. The number of nitrogens with one attached hydrogen (secondary N) is 2. The summed E-state index contributed by atoms with van der Waals surface area (Å²) in [5.41, 5.74) is 2.93. The van der Waals surface area contributed by atoms with Gasteiger partial charge in [-0.15, -0.1) is 0 Å². The maximum atomic E-state index is 14.9. The van der Waals surface area contributed by atoms with Gasteiger partial charge in [0.05, 0.1) is 18.7 Å². The molecule has 1 aliphatic rings. The zero-order valence-corrected chi connectivity index (χ0v) is 16.5. The molecule has 8 nitrogen and oxygen atoms in total. The fourth-order valence-corrected chi connectivity index (χ4v) is 3.21. The van der Waals surface area contributed by atoms with Crippen molar-refractivity contribution < 1.29 is 14.0 Å². The summed E-state index contributed by atoms with van der Waals surface area (Å²) in [6.45, 7) is 2.55. The molecule has 2 aromatic heterocycles. The number of halogens is 1. The van der Waals surface area contributed by atoms with Crippen LogP contribution in [0.15, 0.2) is 41.3 Å². The van der Waals surface area contributed by atoms with Crippen LogP contribution in [0.1, 0.15) is 27.3 Å². The van der Waals surface area contributed by atoms with E-state index < -0.39 is 11.4 Å². The molecule has 0 unspecified atom stereocenters. The number of carbonyl (C=O) groups excluding carboxylic acids is 1. The Morgan fingerprint density at radius 2 is 2.17 bits per heavy atom. The molecule has 0 fully saturated rings. The summed E-state index contributed by atoms with van der Waals surface area (Å²) in [5, 5.41) is 4.17. The SMILES string of the molecule is CNC(=O)c1ccc(C2=CCN(Cc3ccc4nc(C)c(=O)[nH]c4c3F)OC2)cn1. The van der Waals surface area contributed by atoms with Crippen LogP contribution < -0.4 is 10.9 Å². The topological polar surface area (TPSA) is 100 Å². The highest BCUT2D eigenvalue weighted by molar-refractivity contribution is 5.92. The smallest absolute Gasteiger partial charge is 0.269 e. The van der Waals surface area contributed by atoms with Gasteiger partial charge in [0, 0.05) is 25.4 Å². The third-order valence-electron chi connectivity index (χ3n) is 4.94. The predicted octanol–water partition coefficient (Wildman–Crippen LogP) is 1.96. The lowest BCUT2D eigenvalue weighted by atomic mass is 10.1. The molecule has 0 saturated heterocycles. The number of pyridine rings is 1. The summed E-state index contributed by atoms with van der Waals surface area (Å²) < 4.78 is 14.9. The van der Waals surface area contributed by atoms with Gasteiger partial charge in [-0.3, -0.25) is 19.4 Å². The van der Waals surface area contributed by atoms with E-state index in [1.807, 2.05) is 12.1 Å². The second-order valence-corrected chi connectivity index (χ2v) is 6.92. The molecule has 0 spiro atoms. The Balaban J connectivity index is 1.48. The van der Waals surface area contributed by atoms with Crippen molar-refractivity contribution in [3.8, 4) is 0 Å². The van der Waals surface area contributed by atoms with Crippen LogP contribution in [0.3, 0.4) is 0 Å². The molecule has 154 valence electrons. The van der Waals surface area contributed by atoms with E-state index in [1.165, 1.54) is 0 Å². The summed E-state index contributed by atoms with van der Waals surface area (Å²) in [7, 11) is 1.55. The molecule has 0 bridgehead atoms. The molecule has 0 atom stereocenters. The molecular weight excluding hydrogens is 389 g/mol. The van der Waals surface area contributed by atoms with Gasteiger partial charge in [-0.1, -0.05) is 18.2 Å². The number of nitrogens with zero attached hydrogens (tertiary/aromatic N) is 3. The molecule has 30 heavy (non-hydrogen) atoms. The Morgan fingerprint density at radius 3 is 2.83 bits per heavy atom. The minimum atomic E-state index is -0.510. The number of fused-ring (bicyclic) bond motifs is 1. The second kappa shape index (κ2) is 8.13. The van der Waals surface area contributed by atoms with Gasteiger partial charge in [0.25, 0.3) is 11.5 Å². The van der Waals surface area contributed by atoms with E-state index in [1.54, 1.807) is 43.4 Å². The minimum Gasteiger partial charge on any atom is -0.354 e. The molecule has 3 aromatic rings. The first kappa shape index (κ1) is 19.9. The maximum Gasteiger partial charge on any atom is 0.269 e. The van der Waals surface area contributed by atoms with Gasteiger partial charge in [0.2, 0.25) is 0 Å². The van der Waals surface area contributed by atoms with Crippen LogP contribution in [-0.4, -0.2) is 46.1 Å². The van der Waals surface area contributed by atoms with Gasteiger partial charge >= 0.3 is 0 Å². The van der Waals surface area contributed by atoms with Crippen molar-refractivity contribution in [1.29, 1.82) is 0 Å². The van der Waals surface area contributed by atoms with Crippen LogP contribution in [0.25, 0.3) is 16.6 Å². The molecule has 0 radical (unpaired) electrons. The van der Waals surface area contributed by atoms with E-state index in [0.717, 1.165) is 11.1 Å². The fraction of sp³-hybridized carbons (Fsp3) is 0.238. The van der Waals surface area contributed by atoms with E-state index in [4.69, 9.17) is 4.84 Å². The van der Waals surface area contributed by atoms with Crippen LogP contribution >= 0.6 is 0 Å². The molecule has 1 amide bonds. The Morgan fingerprint density at radius 1 is 1.33 bits per heavy atom. The van der Waals surface area contributed by atoms with E-state index in [-0.39, 0.29) is 18.0 Å². The molecule has 4 rings (SSSR count). The number of hydrogen-bond donors (Lipinski definition) is 2. The molecule has 1 aliphatic heterocycles. The number of aromatic nitrogens is 3. The van der Waals surface area contributed by atoms with Crippen LogP contribution in [0.4, 0.5) is 4.39 Å². The molecule has 0 aliphatic carbocycles. The first-order valence-corrected chi connectivity index (χ1v) is 9.39. The van der Waals surface area contributed by atoms with E-state index >= 15 is 0 Å². The van der Waals surface area contributed by atoms with Crippen LogP contribution in [0.5, 0.6) is 0 Å². The maximum absolute atomic E-state index is 14.9. The van der Waals surface area contributed by atoms with Crippen LogP contribution in [0, 0.1) is 12.7 Å². The lowest BCUT2D eigenvalue weighted by molar-refractivity contribution is -0.151. The van der Waals surface area contributed by atoms with Gasteiger partial charge in [-0.25, -0.2) is 9.37 Å². The highest BCUT2D eigenvalue weighted by Gasteiger charge is 2.18. The Labute approximate surface area is 171 Å². The number of benzene rings is 1. The first-order chi connectivity index (χ1) is 14.5. The monoisotopic (exact) mass is 409 g/mol. The summed E-state index contributed by atoms with van der Waals surface area (Å²) >= 11 is 0. The number of amides is 1. The standard InChI is InChI=1S/C21H20FN5O3/c1-12-20(28)26-19-16(25-12)5-4-14(18(19)22)10-27-8-7-15(11-30-27)13-3-6-17(24-9-13)21(29)23-2/h3-7,9H,8,10-11H2,1-2H3,(H,23,29)(H,26,28). The van der Waals surface area contributed by atoms with Gasteiger partial charge in [-0.05, 0) is 30.2 Å². The third kappa shape index (κ3) is 3.85. The minimum absolute atomic E-state index is 0.0959.